The number of nitrogens with one attached hydrogen (secondary N) is 2. The van der Waals surface area contributed by atoms with Crippen molar-refractivity contribution in [2.45, 2.75) is 40.5 Å². The fraction of sp³-hybridized carbons (Fsp3) is 0.684. The summed E-state index contributed by atoms with van der Waals surface area (Å²) in [6.07, 6.45) is 2.45. The van der Waals surface area contributed by atoms with Gasteiger partial charge in [0.2, 0.25) is 0 Å². The van der Waals surface area contributed by atoms with Gasteiger partial charge < -0.3 is 14.5 Å². The van der Waals surface area contributed by atoms with Crippen LogP contribution in [0.3, 0.4) is 0 Å². The molecular weight excluding hydrogens is 272 g/mol. The van der Waals surface area contributed by atoms with Gasteiger partial charge in [-0.05, 0) is 63.3 Å². The number of unbranched alkanes of at least 4 members (excludes halogenated alkanes) is 1. The molecule has 1 aromatic carbocycles. The molecule has 0 aliphatic carbocycles. The van der Waals surface area contributed by atoms with Crippen LogP contribution >= 0.6 is 0 Å². The van der Waals surface area contributed by atoms with Gasteiger partial charge in [-0.25, -0.2) is 0 Å². The Morgan fingerprint density at radius 2 is 1.64 bits per heavy atom. The predicted octanol–water partition coefficient (Wildman–Crippen LogP) is 0.574. The molecular formula is C19H34N2O+2. The summed E-state index contributed by atoms with van der Waals surface area (Å²) in [6.45, 7) is 17.6. The molecule has 1 aliphatic rings. The normalized spacial score (nSPS) is 21.8. The van der Waals surface area contributed by atoms with E-state index in [2.05, 4.69) is 39.8 Å². The van der Waals surface area contributed by atoms with Gasteiger partial charge in [0.25, 0.3) is 0 Å². The van der Waals surface area contributed by atoms with E-state index < -0.39 is 0 Å². The fourth-order valence-electron chi connectivity index (χ4n) is 3.37. The van der Waals surface area contributed by atoms with Crippen LogP contribution in [-0.2, 0) is 0 Å². The van der Waals surface area contributed by atoms with Crippen LogP contribution in [0.2, 0.25) is 0 Å². The van der Waals surface area contributed by atoms with Gasteiger partial charge >= 0.3 is 0 Å². The summed E-state index contributed by atoms with van der Waals surface area (Å²) in [5.41, 5.74) is 3.91. The molecule has 1 fully saturated rings. The number of hydrogen-bond donors (Lipinski definition) is 2. The summed E-state index contributed by atoms with van der Waals surface area (Å²) in [5, 5.41) is 0. The minimum Gasteiger partial charge on any atom is -0.493 e. The number of benzene rings is 1. The van der Waals surface area contributed by atoms with Crippen LogP contribution in [0.1, 0.15) is 36.5 Å². The third-order valence-electron chi connectivity index (χ3n) is 5.11. The van der Waals surface area contributed by atoms with E-state index in [9.17, 15) is 0 Å². The van der Waals surface area contributed by atoms with Crippen molar-refractivity contribution >= 4 is 0 Å². The maximum absolute atomic E-state index is 6.01. The first-order chi connectivity index (χ1) is 10.6. The minimum atomic E-state index is 0.851. The quantitative estimate of drug-likeness (QED) is 0.705. The van der Waals surface area contributed by atoms with Crippen LogP contribution < -0.4 is 14.5 Å². The van der Waals surface area contributed by atoms with E-state index in [1.165, 1.54) is 68.8 Å². The molecule has 3 heteroatoms. The van der Waals surface area contributed by atoms with Crippen molar-refractivity contribution < 1.29 is 14.5 Å². The van der Waals surface area contributed by atoms with E-state index >= 15 is 0 Å². The van der Waals surface area contributed by atoms with Crippen molar-refractivity contribution in [1.29, 1.82) is 0 Å². The third kappa shape index (κ3) is 4.99. The second kappa shape index (κ2) is 8.54. The van der Waals surface area contributed by atoms with Crippen LogP contribution in [0.15, 0.2) is 12.1 Å². The number of quaternary nitrogens is 2. The second-order valence-electron chi connectivity index (χ2n) is 6.86. The zero-order valence-electron chi connectivity index (χ0n) is 14.9. The molecule has 0 aromatic heterocycles. The summed E-state index contributed by atoms with van der Waals surface area (Å²) in [4.78, 5) is 3.57. The Morgan fingerprint density at radius 1 is 0.955 bits per heavy atom. The number of ether oxygens (including phenoxy) is 1. The highest BCUT2D eigenvalue weighted by molar-refractivity contribution is 5.41. The summed E-state index contributed by atoms with van der Waals surface area (Å²) < 4.78 is 6.01. The zero-order chi connectivity index (χ0) is 15.9. The molecule has 0 spiro atoms. The Kier molecular flexibility index (Phi) is 6.71. The van der Waals surface area contributed by atoms with E-state index in [1.807, 2.05) is 0 Å². The number of likely N-dealkylation sites (N-methyl/N-ethyl adjacent to an activating group) is 1. The Morgan fingerprint density at radius 3 is 2.32 bits per heavy atom. The van der Waals surface area contributed by atoms with Gasteiger partial charge in [0.05, 0.1) is 19.7 Å². The minimum absolute atomic E-state index is 0.851. The SMILES string of the molecule is CC[NH+]1CC[NH+](CCCCOc2cc(C)cc(C)c2C)CC1. The van der Waals surface area contributed by atoms with Crippen molar-refractivity contribution in [3.63, 3.8) is 0 Å². The van der Waals surface area contributed by atoms with Crippen molar-refractivity contribution in [2.24, 2.45) is 0 Å². The third-order valence-corrected chi connectivity index (χ3v) is 5.11. The fourth-order valence-corrected chi connectivity index (χ4v) is 3.37. The maximum Gasteiger partial charge on any atom is 0.127 e. The highest BCUT2D eigenvalue weighted by Crippen LogP contribution is 2.23. The van der Waals surface area contributed by atoms with Crippen LogP contribution in [0.25, 0.3) is 0 Å². The smallest absolute Gasteiger partial charge is 0.127 e. The van der Waals surface area contributed by atoms with Gasteiger partial charge in [-0.15, -0.1) is 0 Å². The second-order valence-corrected chi connectivity index (χ2v) is 6.86. The standard InChI is InChI=1S/C19H32N2O/c1-5-20-9-11-21(12-10-20)8-6-7-13-22-19-15-16(2)14-17(3)18(19)4/h14-15H,5-13H2,1-4H3/p+2. The van der Waals surface area contributed by atoms with Gasteiger partial charge in [-0.2, -0.15) is 0 Å². The Hall–Kier alpha value is -1.06. The lowest BCUT2D eigenvalue weighted by atomic mass is 10.1. The van der Waals surface area contributed by atoms with Crippen LogP contribution in [0, 0.1) is 20.8 Å². The lowest BCUT2D eigenvalue weighted by Crippen LogP contribution is -3.28. The van der Waals surface area contributed by atoms with Gasteiger partial charge in [-0.3, -0.25) is 0 Å². The lowest BCUT2D eigenvalue weighted by Gasteiger charge is -2.28. The zero-order valence-corrected chi connectivity index (χ0v) is 14.9. The van der Waals surface area contributed by atoms with Crippen LogP contribution in [0.5, 0.6) is 5.75 Å². The Bertz CT molecular complexity index is 465. The largest absolute Gasteiger partial charge is 0.493 e. The number of aryl methyl sites for hydroxylation is 2. The van der Waals surface area contributed by atoms with E-state index in [4.69, 9.17) is 4.74 Å². The molecule has 2 N–H and O–H groups in total. The molecule has 1 heterocycles. The summed E-state index contributed by atoms with van der Waals surface area (Å²) in [6, 6.07) is 4.39. The molecule has 1 saturated heterocycles. The van der Waals surface area contributed by atoms with Gasteiger partial charge in [0.1, 0.15) is 31.9 Å². The molecule has 0 atom stereocenters. The molecule has 0 amide bonds. The monoisotopic (exact) mass is 306 g/mol. The maximum atomic E-state index is 6.01. The lowest BCUT2D eigenvalue weighted by molar-refractivity contribution is -1.01. The van der Waals surface area contributed by atoms with Crippen LogP contribution in [0.4, 0.5) is 0 Å². The molecule has 0 radical (unpaired) electrons. The van der Waals surface area contributed by atoms with E-state index in [0.29, 0.717) is 0 Å². The Labute approximate surface area is 136 Å². The van der Waals surface area contributed by atoms with E-state index in [0.717, 1.165) is 12.4 Å². The molecule has 1 aromatic rings. The molecule has 0 unspecified atom stereocenters. The first-order valence-corrected chi connectivity index (χ1v) is 8.98. The number of rotatable bonds is 7. The van der Waals surface area contributed by atoms with Crippen molar-refractivity contribution in [1.82, 2.24) is 0 Å². The molecule has 0 bridgehead atoms. The summed E-state index contributed by atoms with van der Waals surface area (Å²) in [7, 11) is 0. The molecule has 124 valence electrons. The van der Waals surface area contributed by atoms with Gasteiger partial charge in [-0.1, -0.05) is 6.07 Å². The average molecular weight is 306 g/mol. The first-order valence-electron chi connectivity index (χ1n) is 8.98. The molecule has 22 heavy (non-hydrogen) atoms. The summed E-state index contributed by atoms with van der Waals surface area (Å²) in [5.74, 6) is 1.07. The Balaban J connectivity index is 1.64. The first kappa shape index (κ1) is 17.3. The predicted molar refractivity (Wildman–Crippen MR) is 92.2 cm³/mol. The number of hydrogen-bond acceptors (Lipinski definition) is 1. The van der Waals surface area contributed by atoms with Crippen molar-refractivity contribution in [2.75, 3.05) is 45.9 Å². The molecule has 2 rings (SSSR count). The van der Waals surface area contributed by atoms with E-state index in [-0.39, 0.29) is 0 Å². The average Bonchev–Trinajstić information content (AvgIpc) is 2.52. The van der Waals surface area contributed by atoms with Crippen LogP contribution in [-0.4, -0.2) is 45.9 Å². The number of piperazine rings is 1. The van der Waals surface area contributed by atoms with Gasteiger partial charge in [0.15, 0.2) is 0 Å². The highest BCUT2D eigenvalue weighted by Gasteiger charge is 2.20. The highest BCUT2D eigenvalue weighted by atomic mass is 16.5. The summed E-state index contributed by atoms with van der Waals surface area (Å²) >= 11 is 0. The molecule has 1 aliphatic heterocycles. The topological polar surface area (TPSA) is 18.1 Å². The van der Waals surface area contributed by atoms with Crippen molar-refractivity contribution in [3.8, 4) is 5.75 Å². The van der Waals surface area contributed by atoms with E-state index in [1.54, 1.807) is 9.80 Å². The van der Waals surface area contributed by atoms with Gasteiger partial charge in [0, 0.05) is 0 Å². The molecule has 0 saturated carbocycles. The van der Waals surface area contributed by atoms with Crippen molar-refractivity contribution in [3.05, 3.63) is 28.8 Å². The molecule has 3 nitrogen and oxygen atoms in total.